The van der Waals surface area contributed by atoms with Gasteiger partial charge in [0, 0.05) is 6.07 Å². The van der Waals surface area contributed by atoms with Gasteiger partial charge in [-0.1, -0.05) is 6.07 Å². The number of aromatic nitrogens is 2. The first-order chi connectivity index (χ1) is 9.10. The van der Waals surface area contributed by atoms with E-state index in [9.17, 15) is 10.1 Å². The number of nitrogens with zero attached hydrogens (tertiary/aromatic N) is 3. The van der Waals surface area contributed by atoms with Crippen LogP contribution >= 0.6 is 15.9 Å². The van der Waals surface area contributed by atoms with Crippen molar-refractivity contribution in [2.75, 3.05) is 7.11 Å². The van der Waals surface area contributed by atoms with Gasteiger partial charge in [0.15, 0.2) is 0 Å². The van der Waals surface area contributed by atoms with E-state index in [4.69, 9.17) is 9.47 Å². The van der Waals surface area contributed by atoms with Crippen molar-refractivity contribution in [3.8, 4) is 17.6 Å². The molecule has 0 saturated heterocycles. The number of rotatable bonds is 4. The maximum absolute atomic E-state index is 10.6. The molecule has 1 aromatic heterocycles. The van der Waals surface area contributed by atoms with Crippen molar-refractivity contribution in [1.29, 1.82) is 0 Å². The van der Waals surface area contributed by atoms with Crippen LogP contribution in [-0.4, -0.2) is 22.0 Å². The van der Waals surface area contributed by atoms with Crippen molar-refractivity contribution in [3.63, 3.8) is 0 Å². The van der Waals surface area contributed by atoms with Gasteiger partial charge in [0.2, 0.25) is 5.88 Å². The Kier molecular flexibility index (Phi) is 3.91. The number of hydrogen-bond acceptors (Lipinski definition) is 6. The number of halogens is 1. The van der Waals surface area contributed by atoms with Gasteiger partial charge in [0.1, 0.15) is 5.75 Å². The van der Waals surface area contributed by atoms with E-state index in [1.54, 1.807) is 6.07 Å². The van der Waals surface area contributed by atoms with Crippen LogP contribution in [0.15, 0.2) is 34.9 Å². The highest BCUT2D eigenvalue weighted by Crippen LogP contribution is 2.27. The third-order valence-electron chi connectivity index (χ3n) is 2.12. The number of nitro groups is 1. The standard InChI is InChI=1S/C11H8BrN3O4/c1-18-10-9(12)6-13-11(14-10)19-8-4-2-3-7(5-8)15(16)17/h2-6H,1H3. The fourth-order valence-electron chi connectivity index (χ4n) is 1.29. The molecule has 0 bridgehead atoms. The average Bonchev–Trinajstić information content (AvgIpc) is 2.41. The van der Waals surface area contributed by atoms with E-state index >= 15 is 0 Å². The number of ether oxygens (including phenoxy) is 2. The lowest BCUT2D eigenvalue weighted by Gasteiger charge is -2.06. The molecule has 0 saturated carbocycles. The van der Waals surface area contributed by atoms with E-state index < -0.39 is 4.92 Å². The summed E-state index contributed by atoms with van der Waals surface area (Å²) in [7, 11) is 1.46. The number of nitro benzene ring substituents is 1. The predicted octanol–water partition coefficient (Wildman–Crippen LogP) is 2.95. The van der Waals surface area contributed by atoms with Crippen LogP contribution in [0.5, 0.6) is 17.6 Å². The molecular formula is C11H8BrN3O4. The van der Waals surface area contributed by atoms with Crippen LogP contribution in [0.4, 0.5) is 5.69 Å². The summed E-state index contributed by atoms with van der Waals surface area (Å²) in [6, 6.07) is 5.79. The second-order valence-electron chi connectivity index (χ2n) is 3.37. The molecule has 0 unspecified atom stereocenters. The SMILES string of the molecule is COc1nc(Oc2cccc([N+](=O)[O-])c2)ncc1Br. The van der Waals surface area contributed by atoms with Crippen LogP contribution in [0.25, 0.3) is 0 Å². The van der Waals surface area contributed by atoms with E-state index in [1.807, 2.05) is 0 Å². The average molecular weight is 326 g/mol. The monoisotopic (exact) mass is 325 g/mol. The quantitative estimate of drug-likeness (QED) is 0.634. The predicted molar refractivity (Wildman–Crippen MR) is 69.5 cm³/mol. The Balaban J connectivity index is 2.26. The third-order valence-corrected chi connectivity index (χ3v) is 2.66. The second-order valence-corrected chi connectivity index (χ2v) is 4.22. The van der Waals surface area contributed by atoms with Gasteiger partial charge >= 0.3 is 6.01 Å². The maximum atomic E-state index is 10.6. The fraction of sp³-hybridized carbons (Fsp3) is 0.0909. The molecule has 7 nitrogen and oxygen atoms in total. The summed E-state index contributed by atoms with van der Waals surface area (Å²) in [5.41, 5.74) is -0.0680. The molecule has 0 aliphatic heterocycles. The molecule has 2 rings (SSSR count). The van der Waals surface area contributed by atoms with Gasteiger partial charge in [-0.2, -0.15) is 4.98 Å². The molecule has 0 aliphatic carbocycles. The zero-order valence-corrected chi connectivity index (χ0v) is 11.3. The van der Waals surface area contributed by atoms with E-state index in [0.29, 0.717) is 10.4 Å². The molecule has 0 radical (unpaired) electrons. The van der Waals surface area contributed by atoms with Crippen LogP contribution in [0.2, 0.25) is 0 Å². The number of methoxy groups -OCH3 is 1. The van der Waals surface area contributed by atoms with Gasteiger partial charge in [0.25, 0.3) is 5.69 Å². The van der Waals surface area contributed by atoms with Crippen LogP contribution in [0, 0.1) is 10.1 Å². The summed E-state index contributed by atoms with van der Waals surface area (Å²) < 4.78 is 10.9. The minimum atomic E-state index is -0.504. The molecule has 0 aliphatic rings. The summed E-state index contributed by atoms with van der Waals surface area (Å²) in [5.74, 6) is 0.592. The summed E-state index contributed by atoms with van der Waals surface area (Å²) in [6.45, 7) is 0. The first-order valence-electron chi connectivity index (χ1n) is 5.09. The molecule has 0 spiro atoms. The van der Waals surface area contributed by atoms with Crippen LogP contribution in [0.3, 0.4) is 0 Å². The normalized spacial score (nSPS) is 10.0. The maximum Gasteiger partial charge on any atom is 0.325 e. The van der Waals surface area contributed by atoms with Gasteiger partial charge in [-0.05, 0) is 22.0 Å². The molecule has 0 amide bonds. The summed E-state index contributed by atoms with van der Waals surface area (Å²) in [6.07, 6.45) is 1.47. The largest absolute Gasteiger partial charge is 0.480 e. The van der Waals surface area contributed by atoms with Crippen LogP contribution < -0.4 is 9.47 Å². The van der Waals surface area contributed by atoms with Crippen molar-refractivity contribution in [2.45, 2.75) is 0 Å². The zero-order chi connectivity index (χ0) is 13.8. The Morgan fingerprint density at radius 3 is 2.89 bits per heavy atom. The molecule has 8 heteroatoms. The highest BCUT2D eigenvalue weighted by atomic mass is 79.9. The van der Waals surface area contributed by atoms with E-state index in [1.165, 1.54) is 31.5 Å². The Bertz CT molecular complexity index is 621. The van der Waals surface area contributed by atoms with Crippen molar-refractivity contribution in [3.05, 3.63) is 45.0 Å². The van der Waals surface area contributed by atoms with Crippen LogP contribution in [-0.2, 0) is 0 Å². The summed E-state index contributed by atoms with van der Waals surface area (Å²) in [4.78, 5) is 18.1. The summed E-state index contributed by atoms with van der Waals surface area (Å²) >= 11 is 3.21. The number of hydrogen-bond donors (Lipinski definition) is 0. The lowest BCUT2D eigenvalue weighted by atomic mass is 10.3. The molecule has 2 aromatic rings. The zero-order valence-electron chi connectivity index (χ0n) is 9.74. The number of benzene rings is 1. The molecule has 1 heterocycles. The Morgan fingerprint density at radius 2 is 2.21 bits per heavy atom. The van der Waals surface area contributed by atoms with Gasteiger partial charge in [-0.25, -0.2) is 4.98 Å². The topological polar surface area (TPSA) is 87.4 Å². The molecule has 19 heavy (non-hydrogen) atoms. The lowest BCUT2D eigenvalue weighted by molar-refractivity contribution is -0.384. The van der Waals surface area contributed by atoms with Crippen molar-refractivity contribution >= 4 is 21.6 Å². The van der Waals surface area contributed by atoms with Crippen molar-refractivity contribution in [2.24, 2.45) is 0 Å². The lowest BCUT2D eigenvalue weighted by Crippen LogP contribution is -1.96. The highest BCUT2D eigenvalue weighted by molar-refractivity contribution is 9.10. The Hall–Kier alpha value is -2.22. The van der Waals surface area contributed by atoms with Crippen molar-refractivity contribution < 1.29 is 14.4 Å². The first-order valence-corrected chi connectivity index (χ1v) is 5.88. The second kappa shape index (κ2) is 5.61. The van der Waals surface area contributed by atoms with Crippen molar-refractivity contribution in [1.82, 2.24) is 9.97 Å². The van der Waals surface area contributed by atoms with E-state index in [2.05, 4.69) is 25.9 Å². The van der Waals surface area contributed by atoms with Crippen LogP contribution in [0.1, 0.15) is 0 Å². The highest BCUT2D eigenvalue weighted by Gasteiger charge is 2.10. The molecule has 1 aromatic carbocycles. The minimum absolute atomic E-state index is 0.0422. The Morgan fingerprint density at radius 1 is 1.42 bits per heavy atom. The first kappa shape index (κ1) is 13.2. The molecule has 0 N–H and O–H groups in total. The van der Waals surface area contributed by atoms with E-state index in [0.717, 1.165) is 0 Å². The van der Waals surface area contributed by atoms with Gasteiger partial charge < -0.3 is 9.47 Å². The number of non-ortho nitro benzene ring substituents is 1. The molecule has 98 valence electrons. The van der Waals surface area contributed by atoms with Gasteiger partial charge in [-0.3, -0.25) is 10.1 Å². The Labute approximate surface area is 116 Å². The molecule has 0 fully saturated rings. The van der Waals surface area contributed by atoms with E-state index in [-0.39, 0.29) is 17.4 Å². The summed E-state index contributed by atoms with van der Waals surface area (Å²) in [5, 5.41) is 10.6. The molecular weight excluding hydrogens is 318 g/mol. The van der Waals surface area contributed by atoms with Gasteiger partial charge in [0.05, 0.1) is 28.8 Å². The van der Waals surface area contributed by atoms with Gasteiger partial charge in [-0.15, -0.1) is 0 Å². The molecule has 0 atom stereocenters. The minimum Gasteiger partial charge on any atom is -0.480 e. The smallest absolute Gasteiger partial charge is 0.325 e. The fourth-order valence-corrected chi connectivity index (χ4v) is 1.65. The third kappa shape index (κ3) is 3.16.